The summed E-state index contributed by atoms with van der Waals surface area (Å²) in [5.41, 5.74) is 2.67. The normalized spacial score (nSPS) is 13.3. The number of hydrogen-bond acceptors (Lipinski definition) is 4. The third-order valence-electron chi connectivity index (χ3n) is 5.55. The number of rotatable bonds is 3. The number of fused-ring (bicyclic) bond motifs is 2. The van der Waals surface area contributed by atoms with Crippen molar-refractivity contribution in [2.75, 3.05) is 11.9 Å². The summed E-state index contributed by atoms with van der Waals surface area (Å²) in [7, 11) is 0. The number of benzene rings is 1. The quantitative estimate of drug-likeness (QED) is 0.516. The van der Waals surface area contributed by atoms with Gasteiger partial charge in [-0.15, -0.1) is 0 Å². The second-order valence-electron chi connectivity index (χ2n) is 7.64. The summed E-state index contributed by atoms with van der Waals surface area (Å²) in [5, 5.41) is 9.22. The predicted octanol–water partition coefficient (Wildman–Crippen LogP) is 3.09. The summed E-state index contributed by atoms with van der Waals surface area (Å²) in [5.74, 6) is -3.24. The van der Waals surface area contributed by atoms with E-state index in [-0.39, 0.29) is 23.5 Å². The molecule has 0 saturated carbocycles. The Kier molecular flexibility index (Phi) is 4.69. The molecule has 0 spiro atoms. The lowest BCUT2D eigenvalue weighted by molar-refractivity contribution is 0.0729. The minimum absolute atomic E-state index is 0.0689. The maximum Gasteiger partial charge on any atom is 0.275 e. The number of amides is 2. The fourth-order valence-electron chi connectivity index (χ4n) is 3.82. The molecule has 0 radical (unpaired) electrons. The van der Waals surface area contributed by atoms with Crippen molar-refractivity contribution in [2.45, 2.75) is 19.9 Å². The van der Waals surface area contributed by atoms with Gasteiger partial charge >= 0.3 is 0 Å². The Morgan fingerprint density at radius 3 is 2.84 bits per heavy atom. The molecule has 0 atom stereocenters. The second-order valence-corrected chi connectivity index (χ2v) is 7.64. The molecule has 162 valence electrons. The number of aryl methyl sites for hydroxylation is 1. The third kappa shape index (κ3) is 3.39. The monoisotopic (exact) mass is 436 g/mol. The lowest BCUT2D eigenvalue weighted by Crippen LogP contribution is -2.36. The van der Waals surface area contributed by atoms with Gasteiger partial charge in [0.2, 0.25) is 0 Å². The van der Waals surface area contributed by atoms with Gasteiger partial charge in [0, 0.05) is 48.7 Å². The van der Waals surface area contributed by atoms with Gasteiger partial charge < -0.3 is 14.6 Å². The van der Waals surface area contributed by atoms with Gasteiger partial charge in [0.05, 0.1) is 17.4 Å². The van der Waals surface area contributed by atoms with Gasteiger partial charge in [-0.3, -0.25) is 14.7 Å². The van der Waals surface area contributed by atoms with Crippen LogP contribution in [0.15, 0.2) is 42.7 Å². The molecule has 0 unspecified atom stereocenters. The highest BCUT2D eigenvalue weighted by Gasteiger charge is 2.26. The van der Waals surface area contributed by atoms with Gasteiger partial charge in [-0.1, -0.05) is 6.07 Å². The number of halogens is 2. The molecule has 0 saturated heterocycles. The zero-order valence-corrected chi connectivity index (χ0v) is 17.0. The summed E-state index contributed by atoms with van der Waals surface area (Å²) < 4.78 is 30.6. The van der Waals surface area contributed by atoms with Crippen LogP contribution in [-0.4, -0.2) is 42.8 Å². The number of anilines is 1. The van der Waals surface area contributed by atoms with Crippen molar-refractivity contribution in [3.05, 3.63) is 82.6 Å². The molecule has 0 fully saturated rings. The molecule has 10 heteroatoms. The van der Waals surface area contributed by atoms with Crippen LogP contribution in [-0.2, 0) is 13.0 Å². The average molecular weight is 436 g/mol. The summed E-state index contributed by atoms with van der Waals surface area (Å²) in [4.78, 5) is 31.3. The molecule has 3 aromatic heterocycles. The Hall–Kier alpha value is -4.08. The molecule has 1 aromatic carbocycles. The van der Waals surface area contributed by atoms with E-state index in [0.717, 1.165) is 23.0 Å². The van der Waals surface area contributed by atoms with Crippen LogP contribution in [0.2, 0.25) is 0 Å². The highest BCUT2D eigenvalue weighted by Crippen LogP contribution is 2.24. The summed E-state index contributed by atoms with van der Waals surface area (Å²) >= 11 is 0. The highest BCUT2D eigenvalue weighted by molar-refractivity contribution is 6.04. The molecule has 32 heavy (non-hydrogen) atoms. The first-order chi connectivity index (χ1) is 15.4. The van der Waals surface area contributed by atoms with Crippen LogP contribution in [0.1, 0.15) is 37.8 Å². The van der Waals surface area contributed by atoms with Crippen LogP contribution in [0.25, 0.3) is 5.65 Å². The highest BCUT2D eigenvalue weighted by atomic mass is 19.1. The second kappa shape index (κ2) is 7.56. The minimum Gasteiger partial charge on any atom is -0.334 e. The molecule has 8 nitrogen and oxygen atoms in total. The minimum atomic E-state index is -0.994. The lowest BCUT2D eigenvalue weighted by Gasteiger charge is -2.27. The molecule has 0 aliphatic carbocycles. The maximum absolute atomic E-state index is 14.5. The van der Waals surface area contributed by atoms with E-state index in [0.29, 0.717) is 24.7 Å². The van der Waals surface area contributed by atoms with Crippen molar-refractivity contribution < 1.29 is 18.4 Å². The summed E-state index contributed by atoms with van der Waals surface area (Å²) in [6.45, 7) is 2.50. The van der Waals surface area contributed by atoms with Crippen molar-refractivity contribution in [3.8, 4) is 0 Å². The van der Waals surface area contributed by atoms with E-state index in [2.05, 4.69) is 20.5 Å². The number of hydrogen-bond donors (Lipinski definition) is 2. The SMILES string of the molecule is Cc1cccc2nc(C(=O)Nc3cc(C(=O)N4CCc5[nH]ncc5C4)c(F)cc3F)cn12. The Morgan fingerprint density at radius 2 is 2.03 bits per heavy atom. The van der Waals surface area contributed by atoms with E-state index in [1.54, 1.807) is 16.7 Å². The number of aromatic nitrogens is 4. The van der Waals surface area contributed by atoms with Gasteiger partial charge in [0.25, 0.3) is 11.8 Å². The largest absolute Gasteiger partial charge is 0.334 e. The van der Waals surface area contributed by atoms with Crippen LogP contribution in [0.5, 0.6) is 0 Å². The fourth-order valence-corrected chi connectivity index (χ4v) is 3.82. The topological polar surface area (TPSA) is 95.4 Å². The molecule has 4 aromatic rings. The Bertz CT molecular complexity index is 1380. The number of aromatic amines is 1. The molecule has 1 aliphatic heterocycles. The first-order valence-corrected chi connectivity index (χ1v) is 9.96. The average Bonchev–Trinajstić information content (AvgIpc) is 3.42. The van der Waals surface area contributed by atoms with E-state index in [4.69, 9.17) is 0 Å². The Labute approximate surface area is 180 Å². The Morgan fingerprint density at radius 1 is 1.19 bits per heavy atom. The van der Waals surface area contributed by atoms with E-state index >= 15 is 0 Å². The zero-order valence-electron chi connectivity index (χ0n) is 17.0. The standard InChI is InChI=1S/C22H18F2N6O2/c1-12-3-2-4-20-26-19(11-30(12)20)21(31)27-18-7-14(15(23)8-16(18)24)22(32)29-6-5-17-13(10-29)9-25-28-17/h2-4,7-9,11H,5-6,10H2,1H3,(H,25,28)(H,27,31). The van der Waals surface area contributed by atoms with Crippen molar-refractivity contribution in [3.63, 3.8) is 0 Å². The van der Waals surface area contributed by atoms with Crippen LogP contribution in [0.3, 0.4) is 0 Å². The number of H-pyrrole nitrogens is 1. The molecular weight excluding hydrogens is 418 g/mol. The van der Waals surface area contributed by atoms with Crippen molar-refractivity contribution >= 4 is 23.1 Å². The molecule has 0 bridgehead atoms. The lowest BCUT2D eigenvalue weighted by atomic mass is 10.1. The van der Waals surface area contributed by atoms with E-state index in [1.165, 1.54) is 11.1 Å². The van der Waals surface area contributed by atoms with Gasteiger partial charge in [0.1, 0.15) is 23.0 Å². The van der Waals surface area contributed by atoms with Crippen molar-refractivity contribution in [2.24, 2.45) is 0 Å². The first kappa shape index (κ1) is 19.9. The molecule has 2 N–H and O–H groups in total. The molecule has 1 aliphatic rings. The molecule has 5 rings (SSSR count). The number of nitrogens with zero attached hydrogens (tertiary/aromatic N) is 4. The van der Waals surface area contributed by atoms with Crippen molar-refractivity contribution in [1.29, 1.82) is 0 Å². The maximum atomic E-state index is 14.5. The van der Waals surface area contributed by atoms with Crippen LogP contribution in [0.4, 0.5) is 14.5 Å². The molecular formula is C22H18F2N6O2. The van der Waals surface area contributed by atoms with E-state index in [9.17, 15) is 18.4 Å². The van der Waals surface area contributed by atoms with E-state index < -0.39 is 23.4 Å². The number of imidazole rings is 1. The molecule has 4 heterocycles. The van der Waals surface area contributed by atoms with Crippen LogP contribution < -0.4 is 5.32 Å². The smallest absolute Gasteiger partial charge is 0.275 e. The zero-order chi connectivity index (χ0) is 22.4. The van der Waals surface area contributed by atoms with Gasteiger partial charge in [-0.2, -0.15) is 5.10 Å². The van der Waals surface area contributed by atoms with Gasteiger partial charge in [-0.25, -0.2) is 13.8 Å². The van der Waals surface area contributed by atoms with Gasteiger partial charge in [-0.05, 0) is 25.1 Å². The Balaban J connectivity index is 1.41. The number of pyridine rings is 1. The third-order valence-corrected chi connectivity index (χ3v) is 5.55. The number of carbonyl (C=O) groups excluding carboxylic acids is 2. The predicted molar refractivity (Wildman–Crippen MR) is 111 cm³/mol. The van der Waals surface area contributed by atoms with Crippen LogP contribution in [0, 0.1) is 18.6 Å². The summed E-state index contributed by atoms with van der Waals surface area (Å²) in [6.07, 6.45) is 3.71. The van der Waals surface area contributed by atoms with Gasteiger partial charge in [0.15, 0.2) is 0 Å². The molecule has 2 amide bonds. The van der Waals surface area contributed by atoms with Crippen LogP contribution >= 0.6 is 0 Å². The first-order valence-electron chi connectivity index (χ1n) is 9.96. The van der Waals surface area contributed by atoms with Crippen molar-refractivity contribution in [1.82, 2.24) is 24.5 Å². The number of carbonyl (C=O) groups is 2. The van der Waals surface area contributed by atoms with E-state index in [1.807, 2.05) is 19.1 Å². The number of nitrogens with one attached hydrogen (secondary N) is 2. The summed E-state index contributed by atoms with van der Waals surface area (Å²) in [6, 6.07) is 7.04. The fraction of sp³-hybridized carbons (Fsp3) is 0.182.